The summed E-state index contributed by atoms with van der Waals surface area (Å²) in [6, 6.07) is 21.2. The summed E-state index contributed by atoms with van der Waals surface area (Å²) < 4.78 is 33.9. The van der Waals surface area contributed by atoms with Crippen molar-refractivity contribution in [2.75, 3.05) is 18.0 Å². The highest BCUT2D eigenvalue weighted by atomic mass is 32.2. The second-order valence-corrected chi connectivity index (χ2v) is 12.2. The topological polar surface area (TPSA) is 96.0 Å². The first kappa shape index (κ1) is 29.7. The van der Waals surface area contributed by atoms with Gasteiger partial charge in [0.15, 0.2) is 0 Å². The molecule has 3 aromatic carbocycles. The molecular weight excluding hydrogens is 514 g/mol. The highest BCUT2D eigenvalue weighted by Gasteiger charge is 2.33. The number of aryl methyl sites for hydroxylation is 1. The van der Waals surface area contributed by atoms with Crippen LogP contribution >= 0.6 is 0 Å². The maximum atomic E-state index is 14.0. The molecule has 0 aliphatic carbocycles. The number of benzene rings is 3. The first-order chi connectivity index (χ1) is 18.3. The van der Waals surface area contributed by atoms with Gasteiger partial charge in [0, 0.05) is 12.1 Å². The highest BCUT2D eigenvalue weighted by molar-refractivity contribution is 7.92. The Balaban J connectivity index is 2.04. The van der Waals surface area contributed by atoms with Crippen molar-refractivity contribution in [3.8, 4) is 5.75 Å². The molecule has 3 rings (SSSR count). The monoisotopic (exact) mass is 551 g/mol. The van der Waals surface area contributed by atoms with Crippen molar-refractivity contribution >= 4 is 27.5 Å². The van der Waals surface area contributed by atoms with Gasteiger partial charge in [-0.25, -0.2) is 8.42 Å². The summed E-state index contributed by atoms with van der Waals surface area (Å²) in [4.78, 5) is 28.6. The Morgan fingerprint density at radius 3 is 2.08 bits per heavy atom. The number of carbonyl (C=O) groups is 2. The molecule has 9 heteroatoms. The molecular formula is C30H37N3O5S. The zero-order valence-electron chi connectivity index (χ0n) is 23.3. The Labute approximate surface area is 231 Å². The van der Waals surface area contributed by atoms with Gasteiger partial charge in [0.25, 0.3) is 10.0 Å². The molecule has 1 atom stereocenters. The van der Waals surface area contributed by atoms with Crippen molar-refractivity contribution in [2.24, 2.45) is 0 Å². The Bertz CT molecular complexity index is 1380. The lowest BCUT2D eigenvalue weighted by Gasteiger charge is -2.33. The van der Waals surface area contributed by atoms with Crippen LogP contribution in [0.15, 0.2) is 83.8 Å². The Kier molecular flexibility index (Phi) is 9.40. The van der Waals surface area contributed by atoms with Gasteiger partial charge in [0.05, 0.1) is 17.7 Å². The number of hydrogen-bond donors (Lipinski definition) is 1. The van der Waals surface area contributed by atoms with E-state index in [1.807, 2.05) is 52.0 Å². The summed E-state index contributed by atoms with van der Waals surface area (Å²) in [5, 5.41) is 2.93. The molecule has 0 aromatic heterocycles. The maximum absolute atomic E-state index is 14.0. The van der Waals surface area contributed by atoms with Crippen molar-refractivity contribution in [3.63, 3.8) is 0 Å². The van der Waals surface area contributed by atoms with Gasteiger partial charge in [-0.05, 0) is 82.1 Å². The number of carbonyl (C=O) groups excluding carboxylic acids is 2. The molecule has 0 saturated carbocycles. The van der Waals surface area contributed by atoms with Crippen LogP contribution in [0, 0.1) is 6.92 Å². The quantitative estimate of drug-likeness (QED) is 0.399. The number of amides is 2. The van der Waals surface area contributed by atoms with E-state index in [-0.39, 0.29) is 17.3 Å². The Morgan fingerprint density at radius 1 is 0.923 bits per heavy atom. The van der Waals surface area contributed by atoms with Crippen molar-refractivity contribution in [1.82, 2.24) is 10.2 Å². The predicted octanol–water partition coefficient (Wildman–Crippen LogP) is 4.53. The molecule has 0 heterocycles. The molecule has 0 fully saturated rings. The summed E-state index contributed by atoms with van der Waals surface area (Å²) in [7, 11) is -2.60. The van der Waals surface area contributed by atoms with E-state index in [4.69, 9.17) is 4.74 Å². The van der Waals surface area contributed by atoms with E-state index in [1.165, 1.54) is 24.1 Å². The van der Waals surface area contributed by atoms with Crippen LogP contribution in [0.2, 0.25) is 0 Å². The minimum Gasteiger partial charge on any atom is -0.497 e. The largest absolute Gasteiger partial charge is 0.497 e. The molecule has 0 saturated heterocycles. The third kappa shape index (κ3) is 7.60. The SMILES string of the molecule is COc1ccc(N(CC(=O)N(Cc2ccccc2C)[C@@H](C)C(=O)NC(C)(C)C)S(=O)(=O)c2ccccc2)cc1. The van der Waals surface area contributed by atoms with Crippen LogP contribution in [-0.2, 0) is 26.2 Å². The molecule has 1 N–H and O–H groups in total. The summed E-state index contributed by atoms with van der Waals surface area (Å²) >= 11 is 0. The minimum absolute atomic E-state index is 0.0533. The number of rotatable bonds is 10. The number of ether oxygens (including phenoxy) is 1. The number of methoxy groups -OCH3 is 1. The van der Waals surface area contributed by atoms with Gasteiger partial charge in [-0.15, -0.1) is 0 Å². The molecule has 0 radical (unpaired) electrons. The zero-order chi connectivity index (χ0) is 28.8. The van der Waals surface area contributed by atoms with Crippen LogP contribution in [0.5, 0.6) is 5.75 Å². The lowest BCUT2D eigenvalue weighted by molar-refractivity contribution is -0.140. The molecule has 39 heavy (non-hydrogen) atoms. The first-order valence-electron chi connectivity index (χ1n) is 12.7. The summed E-state index contributed by atoms with van der Waals surface area (Å²) in [5.41, 5.74) is 1.62. The summed E-state index contributed by atoms with van der Waals surface area (Å²) in [6.45, 7) is 8.83. The van der Waals surface area contributed by atoms with Gasteiger partial charge in [-0.2, -0.15) is 0 Å². The van der Waals surface area contributed by atoms with E-state index in [1.54, 1.807) is 49.4 Å². The molecule has 0 spiro atoms. The first-order valence-corrected chi connectivity index (χ1v) is 14.2. The Hall–Kier alpha value is -3.85. The second kappa shape index (κ2) is 12.3. The van der Waals surface area contributed by atoms with Gasteiger partial charge in [-0.1, -0.05) is 42.5 Å². The van der Waals surface area contributed by atoms with Crippen LogP contribution in [0.1, 0.15) is 38.8 Å². The van der Waals surface area contributed by atoms with Crippen molar-refractivity contribution in [2.45, 2.75) is 57.6 Å². The fourth-order valence-corrected chi connectivity index (χ4v) is 5.46. The molecule has 0 unspecified atom stereocenters. The third-order valence-electron chi connectivity index (χ3n) is 6.24. The highest BCUT2D eigenvalue weighted by Crippen LogP contribution is 2.26. The van der Waals surface area contributed by atoms with Crippen LogP contribution in [0.4, 0.5) is 5.69 Å². The minimum atomic E-state index is -4.11. The van der Waals surface area contributed by atoms with E-state index >= 15 is 0 Å². The van der Waals surface area contributed by atoms with Gasteiger partial charge in [-0.3, -0.25) is 13.9 Å². The molecule has 0 aliphatic heterocycles. The molecule has 8 nitrogen and oxygen atoms in total. The standard InChI is InChI=1S/C30H37N3O5S/c1-22-12-10-11-13-24(22)20-32(23(2)29(35)31-30(3,4)5)28(34)21-33(25-16-18-26(38-6)19-17-25)39(36,37)27-14-8-7-9-15-27/h7-19,23H,20-21H2,1-6H3,(H,31,35)/t23-/m0/s1. The fraction of sp³-hybridized carbons (Fsp3) is 0.333. The van der Waals surface area contributed by atoms with Gasteiger partial charge in [0.2, 0.25) is 11.8 Å². The van der Waals surface area contributed by atoms with Gasteiger partial charge < -0.3 is 15.0 Å². The van der Waals surface area contributed by atoms with Crippen molar-refractivity contribution in [3.05, 3.63) is 90.0 Å². The average molecular weight is 552 g/mol. The Morgan fingerprint density at radius 2 is 1.51 bits per heavy atom. The van der Waals surface area contributed by atoms with Crippen LogP contribution < -0.4 is 14.4 Å². The number of anilines is 1. The van der Waals surface area contributed by atoms with E-state index in [9.17, 15) is 18.0 Å². The lowest BCUT2D eigenvalue weighted by atomic mass is 10.1. The van der Waals surface area contributed by atoms with E-state index < -0.39 is 34.1 Å². The van der Waals surface area contributed by atoms with E-state index in [0.29, 0.717) is 11.4 Å². The lowest BCUT2D eigenvalue weighted by Crippen LogP contribution is -2.54. The molecule has 0 bridgehead atoms. The number of sulfonamides is 1. The summed E-state index contributed by atoms with van der Waals surface area (Å²) in [5.74, 6) is -0.285. The van der Waals surface area contributed by atoms with Crippen LogP contribution in [-0.4, -0.2) is 50.4 Å². The number of nitrogens with one attached hydrogen (secondary N) is 1. The van der Waals surface area contributed by atoms with Crippen LogP contribution in [0.3, 0.4) is 0 Å². The molecule has 0 aliphatic rings. The van der Waals surface area contributed by atoms with Crippen molar-refractivity contribution < 1.29 is 22.7 Å². The third-order valence-corrected chi connectivity index (χ3v) is 8.03. The molecule has 3 aromatic rings. The van der Waals surface area contributed by atoms with Crippen molar-refractivity contribution in [1.29, 1.82) is 0 Å². The number of hydrogen-bond acceptors (Lipinski definition) is 5. The molecule has 208 valence electrons. The van der Waals surface area contributed by atoms with Gasteiger partial charge in [0.1, 0.15) is 18.3 Å². The van der Waals surface area contributed by atoms with Gasteiger partial charge >= 0.3 is 0 Å². The van der Waals surface area contributed by atoms with Crippen LogP contribution in [0.25, 0.3) is 0 Å². The maximum Gasteiger partial charge on any atom is 0.264 e. The van der Waals surface area contributed by atoms with E-state index in [0.717, 1.165) is 15.4 Å². The average Bonchev–Trinajstić information content (AvgIpc) is 2.90. The smallest absolute Gasteiger partial charge is 0.264 e. The normalized spacial score (nSPS) is 12.4. The molecule has 2 amide bonds. The fourth-order valence-electron chi connectivity index (χ4n) is 4.02. The second-order valence-electron chi connectivity index (χ2n) is 10.4. The zero-order valence-corrected chi connectivity index (χ0v) is 24.2. The summed E-state index contributed by atoms with van der Waals surface area (Å²) in [6.07, 6.45) is 0. The predicted molar refractivity (Wildman–Crippen MR) is 153 cm³/mol. The number of nitrogens with zero attached hydrogens (tertiary/aromatic N) is 2. The van der Waals surface area contributed by atoms with E-state index in [2.05, 4.69) is 5.32 Å².